The Bertz CT molecular complexity index is 654. The molecule has 0 aliphatic carbocycles. The number of hydrogen-bond acceptors (Lipinski definition) is 4. The summed E-state index contributed by atoms with van der Waals surface area (Å²) in [7, 11) is 1.59. The van der Waals surface area contributed by atoms with Gasteiger partial charge in [0.25, 0.3) is 0 Å². The monoisotopic (exact) mass is 289 g/mol. The van der Waals surface area contributed by atoms with E-state index in [1.54, 1.807) is 19.2 Å². The summed E-state index contributed by atoms with van der Waals surface area (Å²) in [5.41, 5.74) is 7.62. The summed E-state index contributed by atoms with van der Waals surface area (Å²) in [6.45, 7) is 0. The molecule has 1 aliphatic heterocycles. The number of nitrogens with two attached hydrogens (primary N) is 1. The van der Waals surface area contributed by atoms with Crippen molar-refractivity contribution < 1.29 is 19.0 Å². The summed E-state index contributed by atoms with van der Waals surface area (Å²) < 4.78 is 24.5. The van der Waals surface area contributed by atoms with Gasteiger partial charge in [0.1, 0.15) is 29.2 Å². The number of phenols is 1. The standard InChI is InChI=1S/C16H16FNO3/c1-20-12-2-3-15-13(7-12)14(18)8-16(21-15)9-4-10(17)6-11(19)5-9/h2-7,14,16,19H,8,18H2,1H3/t14-,16?/m0/s1. The maximum atomic E-state index is 13.4. The average molecular weight is 289 g/mol. The van der Waals surface area contributed by atoms with Crippen LogP contribution < -0.4 is 15.2 Å². The maximum absolute atomic E-state index is 13.4. The second-order valence-corrected chi connectivity index (χ2v) is 5.10. The van der Waals surface area contributed by atoms with E-state index >= 15 is 0 Å². The number of methoxy groups -OCH3 is 1. The average Bonchev–Trinajstić information content (AvgIpc) is 2.46. The summed E-state index contributed by atoms with van der Waals surface area (Å²) in [6.07, 6.45) is 0.116. The predicted octanol–water partition coefficient (Wildman–Crippen LogP) is 3.06. The number of halogens is 1. The minimum atomic E-state index is -0.498. The predicted molar refractivity (Wildman–Crippen MR) is 76.0 cm³/mol. The fourth-order valence-electron chi connectivity index (χ4n) is 2.60. The van der Waals surface area contributed by atoms with Gasteiger partial charge in [-0.3, -0.25) is 0 Å². The number of benzene rings is 2. The van der Waals surface area contributed by atoms with E-state index in [9.17, 15) is 9.50 Å². The number of phenolic OH excluding ortho intramolecular Hbond substituents is 1. The Morgan fingerprint density at radius 2 is 2.10 bits per heavy atom. The zero-order valence-corrected chi connectivity index (χ0v) is 11.5. The molecule has 0 saturated heterocycles. The lowest BCUT2D eigenvalue weighted by molar-refractivity contribution is 0.160. The van der Waals surface area contributed by atoms with Crippen LogP contribution in [0.25, 0.3) is 0 Å². The third-order valence-electron chi connectivity index (χ3n) is 3.63. The first-order valence-corrected chi connectivity index (χ1v) is 6.66. The molecular formula is C16H16FNO3. The van der Waals surface area contributed by atoms with Crippen molar-refractivity contribution in [2.75, 3.05) is 7.11 Å². The molecule has 1 unspecified atom stereocenters. The largest absolute Gasteiger partial charge is 0.508 e. The molecule has 0 aromatic heterocycles. The van der Waals surface area contributed by atoms with Crippen molar-refractivity contribution in [3.05, 3.63) is 53.3 Å². The van der Waals surface area contributed by atoms with E-state index in [1.165, 1.54) is 12.1 Å². The lowest BCUT2D eigenvalue weighted by Gasteiger charge is -2.31. The Labute approximate surface area is 121 Å². The van der Waals surface area contributed by atoms with Gasteiger partial charge in [-0.1, -0.05) is 0 Å². The topological polar surface area (TPSA) is 64.7 Å². The number of ether oxygens (including phenoxy) is 2. The van der Waals surface area contributed by atoms with Crippen molar-refractivity contribution in [2.45, 2.75) is 18.6 Å². The Kier molecular flexibility index (Phi) is 3.43. The van der Waals surface area contributed by atoms with Crippen LogP contribution in [0.5, 0.6) is 17.2 Å². The van der Waals surface area contributed by atoms with E-state index < -0.39 is 5.82 Å². The van der Waals surface area contributed by atoms with Gasteiger partial charge in [-0.05, 0) is 35.9 Å². The molecule has 0 fully saturated rings. The number of hydrogen-bond donors (Lipinski definition) is 2. The van der Waals surface area contributed by atoms with Crippen molar-refractivity contribution in [2.24, 2.45) is 5.73 Å². The lowest BCUT2D eigenvalue weighted by atomic mass is 9.93. The molecule has 21 heavy (non-hydrogen) atoms. The van der Waals surface area contributed by atoms with Crippen molar-refractivity contribution in [1.82, 2.24) is 0 Å². The smallest absolute Gasteiger partial charge is 0.127 e. The third-order valence-corrected chi connectivity index (χ3v) is 3.63. The fourth-order valence-corrected chi connectivity index (χ4v) is 2.60. The van der Waals surface area contributed by atoms with E-state index in [0.29, 0.717) is 17.7 Å². The van der Waals surface area contributed by atoms with Crippen molar-refractivity contribution in [3.63, 3.8) is 0 Å². The Balaban J connectivity index is 1.94. The Hall–Kier alpha value is -2.27. The number of aromatic hydroxyl groups is 1. The highest BCUT2D eigenvalue weighted by molar-refractivity contribution is 5.44. The second-order valence-electron chi connectivity index (χ2n) is 5.10. The first-order chi connectivity index (χ1) is 10.1. The van der Waals surface area contributed by atoms with Crippen LogP contribution in [0.15, 0.2) is 36.4 Å². The Morgan fingerprint density at radius 3 is 2.81 bits per heavy atom. The van der Waals surface area contributed by atoms with Crippen LogP contribution in [-0.4, -0.2) is 12.2 Å². The van der Waals surface area contributed by atoms with Gasteiger partial charge < -0.3 is 20.3 Å². The molecule has 0 amide bonds. The van der Waals surface area contributed by atoms with Gasteiger partial charge >= 0.3 is 0 Å². The highest BCUT2D eigenvalue weighted by atomic mass is 19.1. The molecule has 3 rings (SSSR count). The van der Waals surface area contributed by atoms with E-state index in [0.717, 1.165) is 17.4 Å². The van der Waals surface area contributed by atoms with Crippen molar-refractivity contribution >= 4 is 0 Å². The zero-order valence-electron chi connectivity index (χ0n) is 11.5. The summed E-state index contributed by atoms with van der Waals surface area (Å²) >= 11 is 0. The fraction of sp³-hybridized carbons (Fsp3) is 0.250. The van der Waals surface area contributed by atoms with Crippen LogP contribution in [0.2, 0.25) is 0 Å². The van der Waals surface area contributed by atoms with Crippen LogP contribution in [0.1, 0.15) is 29.7 Å². The second kappa shape index (κ2) is 5.26. The van der Waals surface area contributed by atoms with Crippen LogP contribution in [0.3, 0.4) is 0 Å². The van der Waals surface area contributed by atoms with Crippen LogP contribution in [0, 0.1) is 5.82 Å². The summed E-state index contributed by atoms with van der Waals surface area (Å²) in [5, 5.41) is 9.51. The molecule has 1 heterocycles. The van der Waals surface area contributed by atoms with E-state index in [1.807, 2.05) is 6.07 Å². The highest BCUT2D eigenvalue weighted by Crippen LogP contribution is 2.41. The quantitative estimate of drug-likeness (QED) is 0.891. The molecule has 0 radical (unpaired) electrons. The molecule has 2 aromatic rings. The van der Waals surface area contributed by atoms with Gasteiger partial charge in [0.2, 0.25) is 0 Å². The minimum absolute atomic E-state index is 0.123. The molecule has 0 bridgehead atoms. The van der Waals surface area contributed by atoms with Crippen molar-refractivity contribution in [1.29, 1.82) is 0 Å². The van der Waals surface area contributed by atoms with Gasteiger partial charge in [-0.15, -0.1) is 0 Å². The van der Waals surface area contributed by atoms with E-state index in [-0.39, 0.29) is 17.9 Å². The van der Waals surface area contributed by atoms with Crippen LogP contribution in [0.4, 0.5) is 4.39 Å². The Morgan fingerprint density at radius 1 is 1.29 bits per heavy atom. The van der Waals surface area contributed by atoms with E-state index in [2.05, 4.69) is 0 Å². The normalized spacial score (nSPS) is 20.5. The van der Waals surface area contributed by atoms with Crippen molar-refractivity contribution in [3.8, 4) is 17.2 Å². The van der Waals surface area contributed by atoms with Gasteiger partial charge in [0.05, 0.1) is 7.11 Å². The third kappa shape index (κ3) is 2.64. The minimum Gasteiger partial charge on any atom is -0.508 e. The first kappa shape index (κ1) is 13.7. The number of rotatable bonds is 2. The summed E-state index contributed by atoms with van der Waals surface area (Å²) in [6, 6.07) is 9.10. The molecule has 3 N–H and O–H groups in total. The molecule has 5 heteroatoms. The van der Waals surface area contributed by atoms with Gasteiger partial charge in [-0.25, -0.2) is 4.39 Å². The molecule has 2 aromatic carbocycles. The number of fused-ring (bicyclic) bond motifs is 1. The van der Waals surface area contributed by atoms with Gasteiger partial charge in [-0.2, -0.15) is 0 Å². The molecule has 2 atom stereocenters. The lowest BCUT2D eigenvalue weighted by Crippen LogP contribution is -2.24. The first-order valence-electron chi connectivity index (χ1n) is 6.66. The molecule has 110 valence electrons. The summed E-state index contributed by atoms with van der Waals surface area (Å²) in [4.78, 5) is 0. The van der Waals surface area contributed by atoms with E-state index in [4.69, 9.17) is 15.2 Å². The van der Waals surface area contributed by atoms with Gasteiger partial charge in [0.15, 0.2) is 0 Å². The molecule has 0 spiro atoms. The maximum Gasteiger partial charge on any atom is 0.127 e. The van der Waals surface area contributed by atoms with Gasteiger partial charge in [0, 0.05) is 24.1 Å². The molecule has 1 aliphatic rings. The molecular weight excluding hydrogens is 273 g/mol. The highest BCUT2D eigenvalue weighted by Gasteiger charge is 2.28. The molecule has 0 saturated carbocycles. The zero-order chi connectivity index (χ0) is 15.0. The summed E-state index contributed by atoms with van der Waals surface area (Å²) in [5.74, 6) is 0.753. The molecule has 4 nitrogen and oxygen atoms in total. The SMILES string of the molecule is COc1ccc2c(c1)[C@@H](N)CC(c1cc(O)cc(F)c1)O2. The van der Waals surface area contributed by atoms with Crippen LogP contribution >= 0.6 is 0 Å². The van der Waals surface area contributed by atoms with Crippen LogP contribution in [-0.2, 0) is 0 Å².